The Kier molecular flexibility index (Phi) is 2.84. The SMILES string of the molecule is O=C(O)/C(O)=C\C(O)c1ccc2[nH]ccc2c1. The zero-order valence-electron chi connectivity index (χ0n) is 8.79. The molecule has 0 amide bonds. The van der Waals surface area contributed by atoms with Gasteiger partial charge in [-0.3, -0.25) is 0 Å². The van der Waals surface area contributed by atoms with E-state index in [1.165, 1.54) is 0 Å². The number of aliphatic hydroxyl groups excluding tert-OH is 2. The average molecular weight is 233 g/mol. The molecule has 4 N–H and O–H groups in total. The largest absolute Gasteiger partial charge is 0.502 e. The van der Waals surface area contributed by atoms with E-state index < -0.39 is 17.8 Å². The summed E-state index contributed by atoms with van der Waals surface area (Å²) in [5.41, 5.74) is 1.44. The Hall–Kier alpha value is -2.27. The van der Waals surface area contributed by atoms with E-state index in [0.29, 0.717) is 5.56 Å². The molecule has 17 heavy (non-hydrogen) atoms. The molecule has 0 aliphatic rings. The lowest BCUT2D eigenvalue weighted by Crippen LogP contribution is -2.02. The summed E-state index contributed by atoms with van der Waals surface area (Å²) in [6, 6.07) is 7.00. The predicted octanol–water partition coefficient (Wildman–Crippen LogP) is 1.73. The normalized spacial score (nSPS) is 13.8. The third-order valence-corrected chi connectivity index (χ3v) is 2.45. The fraction of sp³-hybridized carbons (Fsp3) is 0.0833. The number of hydrogen-bond acceptors (Lipinski definition) is 3. The lowest BCUT2D eigenvalue weighted by molar-refractivity contribution is -0.135. The number of benzene rings is 1. The van der Waals surface area contributed by atoms with Gasteiger partial charge < -0.3 is 20.3 Å². The van der Waals surface area contributed by atoms with Crippen molar-refractivity contribution >= 4 is 16.9 Å². The van der Waals surface area contributed by atoms with Crippen LogP contribution in [-0.2, 0) is 4.79 Å². The van der Waals surface area contributed by atoms with Crippen LogP contribution in [0.25, 0.3) is 10.9 Å². The van der Waals surface area contributed by atoms with Crippen molar-refractivity contribution < 1.29 is 20.1 Å². The van der Waals surface area contributed by atoms with Crippen LogP contribution in [0.4, 0.5) is 0 Å². The van der Waals surface area contributed by atoms with Gasteiger partial charge in [0, 0.05) is 11.7 Å². The minimum atomic E-state index is -1.47. The standard InChI is InChI=1S/C12H11NO4/c14-10(6-11(15)12(16)17)8-1-2-9-7(5-8)3-4-13-9/h1-6,10,13-15H,(H,16,17)/b11-6+. The number of hydrogen-bond donors (Lipinski definition) is 4. The number of carbonyl (C=O) groups is 1. The average Bonchev–Trinajstić information content (AvgIpc) is 2.75. The van der Waals surface area contributed by atoms with Crippen LogP contribution in [0.15, 0.2) is 42.3 Å². The summed E-state index contributed by atoms with van der Waals surface area (Å²) in [7, 11) is 0. The quantitative estimate of drug-likeness (QED) is 0.479. The summed E-state index contributed by atoms with van der Waals surface area (Å²) >= 11 is 0. The highest BCUT2D eigenvalue weighted by molar-refractivity contribution is 5.84. The molecule has 0 aliphatic heterocycles. The number of carboxylic acids is 1. The van der Waals surface area contributed by atoms with E-state index in [2.05, 4.69) is 4.98 Å². The van der Waals surface area contributed by atoms with Gasteiger partial charge in [-0.1, -0.05) is 6.07 Å². The van der Waals surface area contributed by atoms with Gasteiger partial charge in [-0.15, -0.1) is 0 Å². The molecule has 2 rings (SSSR count). The van der Waals surface area contributed by atoms with Crippen LogP contribution >= 0.6 is 0 Å². The minimum absolute atomic E-state index is 0.518. The molecule has 0 spiro atoms. The third kappa shape index (κ3) is 2.29. The first-order valence-corrected chi connectivity index (χ1v) is 4.97. The Morgan fingerprint density at radius 3 is 2.76 bits per heavy atom. The zero-order chi connectivity index (χ0) is 12.4. The van der Waals surface area contributed by atoms with E-state index in [9.17, 15) is 9.90 Å². The van der Waals surface area contributed by atoms with E-state index in [-0.39, 0.29) is 0 Å². The molecular weight excluding hydrogens is 222 g/mol. The molecule has 1 aromatic carbocycles. The van der Waals surface area contributed by atoms with E-state index >= 15 is 0 Å². The maximum absolute atomic E-state index is 10.4. The first-order valence-electron chi connectivity index (χ1n) is 4.97. The molecule has 0 radical (unpaired) electrons. The Morgan fingerprint density at radius 2 is 2.06 bits per heavy atom. The molecule has 1 atom stereocenters. The molecule has 0 saturated heterocycles. The molecule has 0 bridgehead atoms. The van der Waals surface area contributed by atoms with Crippen molar-refractivity contribution in [1.29, 1.82) is 0 Å². The van der Waals surface area contributed by atoms with Crippen molar-refractivity contribution in [2.45, 2.75) is 6.10 Å². The van der Waals surface area contributed by atoms with E-state index in [1.807, 2.05) is 6.07 Å². The van der Waals surface area contributed by atoms with Crippen molar-refractivity contribution in [2.75, 3.05) is 0 Å². The highest BCUT2D eigenvalue weighted by Crippen LogP contribution is 2.21. The number of aliphatic hydroxyl groups is 2. The smallest absolute Gasteiger partial charge is 0.370 e. The van der Waals surface area contributed by atoms with Crippen LogP contribution in [-0.4, -0.2) is 26.3 Å². The summed E-state index contributed by atoms with van der Waals surface area (Å²) in [5.74, 6) is -2.33. The second-order valence-corrected chi connectivity index (χ2v) is 3.63. The molecule has 1 unspecified atom stereocenters. The predicted molar refractivity (Wildman–Crippen MR) is 61.6 cm³/mol. The van der Waals surface area contributed by atoms with Gasteiger partial charge >= 0.3 is 5.97 Å². The van der Waals surface area contributed by atoms with Crippen LogP contribution in [0.2, 0.25) is 0 Å². The van der Waals surface area contributed by atoms with Gasteiger partial charge in [0.15, 0.2) is 0 Å². The van der Waals surface area contributed by atoms with Gasteiger partial charge in [0.2, 0.25) is 5.76 Å². The van der Waals surface area contributed by atoms with Crippen molar-refractivity contribution in [1.82, 2.24) is 4.98 Å². The van der Waals surface area contributed by atoms with Crippen molar-refractivity contribution in [3.8, 4) is 0 Å². The van der Waals surface area contributed by atoms with E-state index in [1.54, 1.807) is 24.4 Å². The Labute approximate surface area is 96.6 Å². The first-order chi connectivity index (χ1) is 8.08. The lowest BCUT2D eigenvalue weighted by Gasteiger charge is -2.06. The van der Waals surface area contributed by atoms with Gasteiger partial charge in [-0.25, -0.2) is 4.79 Å². The summed E-state index contributed by atoms with van der Waals surface area (Å²) in [4.78, 5) is 13.4. The fourth-order valence-corrected chi connectivity index (χ4v) is 1.57. The highest BCUT2D eigenvalue weighted by Gasteiger charge is 2.10. The van der Waals surface area contributed by atoms with E-state index in [0.717, 1.165) is 17.0 Å². The molecule has 0 aliphatic carbocycles. The number of aliphatic carboxylic acids is 1. The summed E-state index contributed by atoms with van der Waals surface area (Å²) in [6.07, 6.45) is 1.51. The summed E-state index contributed by atoms with van der Waals surface area (Å²) in [5, 5.41) is 28.1. The first kappa shape index (κ1) is 11.2. The van der Waals surface area contributed by atoms with Crippen molar-refractivity contribution in [3.05, 3.63) is 47.9 Å². The number of nitrogens with one attached hydrogen (secondary N) is 1. The second-order valence-electron chi connectivity index (χ2n) is 3.63. The monoisotopic (exact) mass is 233 g/mol. The van der Waals surface area contributed by atoms with Gasteiger partial charge in [0.1, 0.15) is 6.10 Å². The molecule has 2 aromatic rings. The van der Waals surface area contributed by atoms with Crippen molar-refractivity contribution in [3.63, 3.8) is 0 Å². The minimum Gasteiger partial charge on any atom is -0.502 e. The summed E-state index contributed by atoms with van der Waals surface area (Å²) in [6.45, 7) is 0. The number of aromatic amines is 1. The maximum atomic E-state index is 10.4. The van der Waals surface area contributed by atoms with Gasteiger partial charge in [0.25, 0.3) is 0 Å². The molecule has 0 saturated carbocycles. The lowest BCUT2D eigenvalue weighted by atomic mass is 10.1. The molecule has 5 nitrogen and oxygen atoms in total. The van der Waals surface area contributed by atoms with Crippen LogP contribution in [0.1, 0.15) is 11.7 Å². The van der Waals surface area contributed by atoms with Gasteiger partial charge in [-0.2, -0.15) is 0 Å². The van der Waals surface area contributed by atoms with Crippen molar-refractivity contribution in [2.24, 2.45) is 0 Å². The zero-order valence-corrected chi connectivity index (χ0v) is 8.79. The topological polar surface area (TPSA) is 93.6 Å². The maximum Gasteiger partial charge on any atom is 0.370 e. The molecule has 0 fully saturated rings. The van der Waals surface area contributed by atoms with Crippen LogP contribution in [0, 0.1) is 0 Å². The molecule has 1 heterocycles. The Bertz CT molecular complexity index is 585. The number of rotatable bonds is 3. The number of aromatic nitrogens is 1. The third-order valence-electron chi connectivity index (χ3n) is 2.45. The highest BCUT2D eigenvalue weighted by atomic mass is 16.4. The fourth-order valence-electron chi connectivity index (χ4n) is 1.57. The van der Waals surface area contributed by atoms with Gasteiger partial charge in [-0.05, 0) is 35.2 Å². The van der Waals surface area contributed by atoms with Crippen LogP contribution in [0.5, 0.6) is 0 Å². The Balaban J connectivity index is 2.33. The second kappa shape index (κ2) is 4.31. The number of fused-ring (bicyclic) bond motifs is 1. The number of H-pyrrole nitrogens is 1. The van der Waals surface area contributed by atoms with Crippen LogP contribution in [0.3, 0.4) is 0 Å². The Morgan fingerprint density at radius 1 is 1.29 bits per heavy atom. The molecule has 5 heteroatoms. The molecule has 88 valence electrons. The number of carboxylic acid groups (broad SMARTS) is 1. The summed E-state index contributed by atoms with van der Waals surface area (Å²) < 4.78 is 0. The van der Waals surface area contributed by atoms with E-state index in [4.69, 9.17) is 10.2 Å². The molecular formula is C12H11NO4. The van der Waals surface area contributed by atoms with Crippen LogP contribution < -0.4 is 0 Å². The molecule has 1 aromatic heterocycles. The van der Waals surface area contributed by atoms with Gasteiger partial charge in [0.05, 0.1) is 0 Å².